The van der Waals surface area contributed by atoms with E-state index in [2.05, 4.69) is 9.88 Å². The van der Waals surface area contributed by atoms with Crippen molar-refractivity contribution >= 4 is 56.2 Å². The first-order valence-electron chi connectivity index (χ1n) is 12.7. The molecule has 0 bridgehead atoms. The molecular weight excluding hydrogens is 586 g/mol. The van der Waals surface area contributed by atoms with Crippen molar-refractivity contribution in [1.82, 2.24) is 15.2 Å². The number of pyridine rings is 1. The fourth-order valence-electron chi connectivity index (χ4n) is 4.10. The van der Waals surface area contributed by atoms with Crippen molar-refractivity contribution in [2.45, 2.75) is 51.1 Å². The number of hydrogen-bond donors (Lipinski definition) is 6. The van der Waals surface area contributed by atoms with Gasteiger partial charge in [0, 0.05) is 35.6 Å². The molecule has 1 aromatic carbocycles. The first-order chi connectivity index (χ1) is 18.9. The van der Waals surface area contributed by atoms with Crippen LogP contribution in [0.2, 0.25) is 5.02 Å². The molecule has 2 aromatic rings. The van der Waals surface area contributed by atoms with E-state index in [-0.39, 0.29) is 32.1 Å². The molecule has 2 rings (SSSR count). The predicted molar refractivity (Wildman–Crippen MR) is 153 cm³/mol. The number of aliphatic hydroxyl groups excluding tert-OH is 1. The average molecular weight is 623 g/mol. The molecule has 13 nitrogen and oxygen atoms in total. The highest BCUT2D eigenvalue weighted by Crippen LogP contribution is 2.53. The van der Waals surface area contributed by atoms with Gasteiger partial charge in [-0.3, -0.25) is 19.2 Å². The SMILES string of the molecule is CCN(CCO)CCCC(C)N(C(=O)OCCCC(=O)NC(P(O)O)P(=O)(O)O)c1ccnc2cc(Cl)ccc12. The quantitative estimate of drug-likeness (QED) is 0.119. The summed E-state index contributed by atoms with van der Waals surface area (Å²) in [6.45, 7) is 5.89. The van der Waals surface area contributed by atoms with Crippen LogP contribution in [0.3, 0.4) is 0 Å². The van der Waals surface area contributed by atoms with Gasteiger partial charge in [-0.1, -0.05) is 18.5 Å². The molecule has 40 heavy (non-hydrogen) atoms. The number of anilines is 1. The van der Waals surface area contributed by atoms with E-state index < -0.39 is 33.5 Å². The van der Waals surface area contributed by atoms with Crippen molar-refractivity contribution in [3.05, 3.63) is 35.5 Å². The third-order valence-corrected chi connectivity index (χ3v) is 9.23. The van der Waals surface area contributed by atoms with E-state index in [0.29, 0.717) is 34.6 Å². The van der Waals surface area contributed by atoms with Crippen LogP contribution >= 0.6 is 27.6 Å². The Morgan fingerprint density at radius 1 is 1.20 bits per heavy atom. The number of rotatable bonds is 16. The number of halogens is 1. The lowest BCUT2D eigenvalue weighted by Gasteiger charge is -2.30. The zero-order valence-electron chi connectivity index (χ0n) is 22.4. The number of ether oxygens (including phenoxy) is 1. The Hall–Kier alpha value is -1.92. The number of benzene rings is 1. The molecule has 224 valence electrons. The van der Waals surface area contributed by atoms with Crippen molar-refractivity contribution in [3.63, 3.8) is 0 Å². The highest BCUT2D eigenvalue weighted by Gasteiger charge is 2.37. The summed E-state index contributed by atoms with van der Waals surface area (Å²) in [5, 5.41) is 12.3. The number of carbonyl (C=O) groups is 2. The van der Waals surface area contributed by atoms with Crippen molar-refractivity contribution in [3.8, 4) is 0 Å². The van der Waals surface area contributed by atoms with E-state index in [4.69, 9.17) is 16.3 Å². The van der Waals surface area contributed by atoms with Gasteiger partial charge in [-0.05, 0) is 63.5 Å². The summed E-state index contributed by atoms with van der Waals surface area (Å²) in [7, 11) is -8.07. The summed E-state index contributed by atoms with van der Waals surface area (Å²) in [6, 6.07) is 6.58. The van der Waals surface area contributed by atoms with Gasteiger partial charge in [0.1, 0.15) is 0 Å². The highest BCUT2D eigenvalue weighted by atomic mass is 35.5. The number of carbonyl (C=O) groups excluding carboxylic acids is 2. The summed E-state index contributed by atoms with van der Waals surface area (Å²) < 4.78 is 16.8. The lowest BCUT2D eigenvalue weighted by molar-refractivity contribution is -0.121. The molecule has 1 aromatic heterocycles. The summed E-state index contributed by atoms with van der Waals surface area (Å²) in [5.74, 6) is -0.828. The van der Waals surface area contributed by atoms with E-state index >= 15 is 0 Å². The van der Waals surface area contributed by atoms with E-state index in [1.807, 2.05) is 19.2 Å². The maximum Gasteiger partial charge on any atom is 0.414 e. The summed E-state index contributed by atoms with van der Waals surface area (Å²) in [6.07, 6.45) is 2.07. The van der Waals surface area contributed by atoms with Gasteiger partial charge in [0.15, 0.2) is 0 Å². The molecule has 6 N–H and O–H groups in total. The maximum absolute atomic E-state index is 13.3. The molecule has 0 spiro atoms. The Labute approximate surface area is 239 Å². The average Bonchev–Trinajstić information content (AvgIpc) is 2.88. The van der Waals surface area contributed by atoms with Crippen LogP contribution in [0.5, 0.6) is 0 Å². The second-order valence-corrected chi connectivity index (χ2v) is 12.8. The lowest BCUT2D eigenvalue weighted by Crippen LogP contribution is -2.40. The zero-order valence-corrected chi connectivity index (χ0v) is 24.9. The number of likely N-dealkylation sites (N-methyl/N-ethyl adjacent to an activating group) is 1. The molecule has 0 saturated carbocycles. The molecule has 16 heteroatoms. The van der Waals surface area contributed by atoms with Crippen LogP contribution in [0, 0.1) is 0 Å². The van der Waals surface area contributed by atoms with Crippen LogP contribution in [0.4, 0.5) is 10.5 Å². The molecule has 0 radical (unpaired) electrons. The van der Waals surface area contributed by atoms with Gasteiger partial charge in [-0.25, -0.2) is 4.79 Å². The fraction of sp³-hybridized carbons (Fsp3) is 0.542. The summed E-state index contributed by atoms with van der Waals surface area (Å²) in [5.41, 5.74) is -0.925. The Morgan fingerprint density at radius 2 is 1.93 bits per heavy atom. The van der Waals surface area contributed by atoms with E-state index in [1.54, 1.807) is 30.5 Å². The number of hydrogen-bond acceptors (Lipinski definition) is 9. The number of fused-ring (bicyclic) bond motifs is 1. The van der Waals surface area contributed by atoms with Crippen LogP contribution < -0.4 is 10.2 Å². The van der Waals surface area contributed by atoms with Gasteiger partial charge >= 0.3 is 13.7 Å². The minimum atomic E-state index is -4.97. The molecule has 0 fully saturated rings. The van der Waals surface area contributed by atoms with Crippen LogP contribution in [0.1, 0.15) is 39.5 Å². The van der Waals surface area contributed by atoms with Gasteiger partial charge in [0.25, 0.3) is 0 Å². The number of amides is 2. The second kappa shape index (κ2) is 16.5. The Balaban J connectivity index is 2.12. The van der Waals surface area contributed by atoms with Gasteiger partial charge in [0.05, 0.1) is 24.4 Å². The van der Waals surface area contributed by atoms with Gasteiger partial charge in [-0.15, -0.1) is 0 Å². The molecule has 2 amide bonds. The molecule has 2 unspecified atom stereocenters. The number of nitrogens with one attached hydrogen (secondary N) is 1. The standard InChI is InChI=1S/C24H37ClN4O9P2/c1-3-28(13-14-30)12-4-6-17(2)29(21-10-11-26-20-16-18(25)8-9-19(20)21)24(32)38-15-5-7-22(31)27-23(39(33)34)40(35,36)37/h8-11,16-17,23,30,33-34H,3-7,12-15H2,1-2H3,(H,27,31)(H2,35,36,37). The molecule has 0 saturated heterocycles. The van der Waals surface area contributed by atoms with Crippen molar-refractivity contribution < 1.29 is 43.6 Å². The smallest absolute Gasteiger partial charge is 0.414 e. The molecule has 2 atom stereocenters. The molecular formula is C24H37ClN4O9P2. The normalized spacial score (nSPS) is 13.4. The number of aromatic nitrogens is 1. The molecule has 0 aliphatic rings. The fourth-order valence-corrected chi connectivity index (χ4v) is 5.91. The van der Waals surface area contributed by atoms with Crippen molar-refractivity contribution in [2.75, 3.05) is 37.7 Å². The van der Waals surface area contributed by atoms with E-state index in [1.165, 1.54) is 4.90 Å². The minimum absolute atomic E-state index is 0.0295. The van der Waals surface area contributed by atoms with Crippen molar-refractivity contribution in [2.24, 2.45) is 0 Å². The Morgan fingerprint density at radius 3 is 2.55 bits per heavy atom. The van der Waals surface area contributed by atoms with Crippen LogP contribution in [0.15, 0.2) is 30.5 Å². The topological polar surface area (TPSA) is 193 Å². The Kier molecular flexibility index (Phi) is 14.1. The zero-order chi connectivity index (χ0) is 29.9. The van der Waals surface area contributed by atoms with Gasteiger partial charge in [-0.2, -0.15) is 0 Å². The predicted octanol–water partition coefficient (Wildman–Crippen LogP) is 2.97. The van der Waals surface area contributed by atoms with Crippen molar-refractivity contribution in [1.29, 1.82) is 0 Å². The molecule has 1 heterocycles. The van der Waals surface area contributed by atoms with Gasteiger partial charge in [0.2, 0.25) is 19.8 Å². The van der Waals surface area contributed by atoms with Gasteiger partial charge < -0.3 is 39.6 Å². The van der Waals surface area contributed by atoms with Crippen LogP contribution in [-0.2, 0) is 14.1 Å². The first-order valence-corrected chi connectivity index (χ1v) is 16.1. The maximum atomic E-state index is 13.3. The minimum Gasteiger partial charge on any atom is -0.449 e. The number of nitrogens with zero attached hydrogens (tertiary/aromatic N) is 3. The third-order valence-electron chi connectivity index (χ3n) is 6.14. The Bertz CT molecular complexity index is 1170. The third kappa shape index (κ3) is 10.5. The monoisotopic (exact) mass is 622 g/mol. The number of aliphatic hydroxyl groups is 1. The molecule has 0 aliphatic carbocycles. The lowest BCUT2D eigenvalue weighted by atomic mass is 10.1. The highest BCUT2D eigenvalue weighted by molar-refractivity contribution is 7.67. The molecule has 0 aliphatic heterocycles. The first kappa shape index (κ1) is 34.3. The largest absolute Gasteiger partial charge is 0.449 e. The van der Waals surface area contributed by atoms with Crippen LogP contribution in [0.25, 0.3) is 10.9 Å². The van der Waals surface area contributed by atoms with E-state index in [0.717, 1.165) is 19.5 Å². The summed E-state index contributed by atoms with van der Waals surface area (Å²) in [4.78, 5) is 70.1. The second-order valence-electron chi connectivity index (χ2n) is 9.08. The van der Waals surface area contributed by atoms with Crippen LogP contribution in [-0.4, -0.2) is 91.0 Å². The van der Waals surface area contributed by atoms with E-state index in [9.17, 15) is 38.8 Å². The summed E-state index contributed by atoms with van der Waals surface area (Å²) >= 11 is 6.13.